The highest BCUT2D eigenvalue weighted by molar-refractivity contribution is 7.45. The van der Waals surface area contributed by atoms with Gasteiger partial charge in [-0.1, -0.05) is 296 Å². The Bertz CT molecular complexity index is 1990. The van der Waals surface area contributed by atoms with Gasteiger partial charge in [0.2, 0.25) is 5.91 Å². The van der Waals surface area contributed by atoms with Crippen LogP contribution in [-0.4, -0.2) is 69.4 Å². The second-order valence-corrected chi connectivity index (χ2v) is 26.8. The number of carbonyl (C=O) groups is 2. The number of amides is 1. The van der Waals surface area contributed by atoms with Crippen LogP contribution >= 0.6 is 7.82 Å². The number of rotatable bonds is 65. The summed E-state index contributed by atoms with van der Waals surface area (Å²) in [5, 5.41) is 3.04. The fourth-order valence-electron chi connectivity index (χ4n) is 9.98. The molecule has 10 heteroatoms. The maximum absolute atomic E-state index is 13.6. The molecule has 0 radical (unpaired) electrons. The van der Waals surface area contributed by atoms with Crippen LogP contribution in [0, 0.1) is 0 Å². The third-order valence-corrected chi connectivity index (χ3v) is 16.5. The van der Waals surface area contributed by atoms with Gasteiger partial charge in [0.1, 0.15) is 19.3 Å². The van der Waals surface area contributed by atoms with Crippen molar-refractivity contribution in [1.29, 1.82) is 0 Å². The molecule has 3 unspecified atom stereocenters. The molecule has 0 spiro atoms. The number of carbonyl (C=O) groups excluding carboxylic acids is 2. The monoisotopic (exact) mass is 1260 g/mol. The van der Waals surface area contributed by atoms with Crippen LogP contribution in [0.3, 0.4) is 0 Å². The van der Waals surface area contributed by atoms with Gasteiger partial charge in [-0.15, -0.1) is 0 Å². The molecule has 0 aromatic heterocycles. The van der Waals surface area contributed by atoms with Gasteiger partial charge in [-0.2, -0.15) is 0 Å². The molecular formula is C79H137N2O7P. The van der Waals surface area contributed by atoms with Crippen LogP contribution in [0.1, 0.15) is 303 Å². The van der Waals surface area contributed by atoms with Crippen LogP contribution in [-0.2, 0) is 27.9 Å². The summed E-state index contributed by atoms with van der Waals surface area (Å²) in [6.07, 6.45) is 95.7. The van der Waals surface area contributed by atoms with E-state index in [1.165, 1.54) is 128 Å². The average Bonchev–Trinajstić information content (AvgIpc) is 3.57. The highest BCUT2D eigenvalue weighted by Crippen LogP contribution is 2.38. The number of phosphoric ester groups is 1. The van der Waals surface area contributed by atoms with E-state index in [9.17, 15) is 19.0 Å². The van der Waals surface area contributed by atoms with E-state index in [0.717, 1.165) is 135 Å². The zero-order valence-electron chi connectivity index (χ0n) is 58.3. The Balaban J connectivity index is 5.15. The largest absolute Gasteiger partial charge is 0.756 e. The minimum atomic E-state index is -4.72. The van der Waals surface area contributed by atoms with Crippen LogP contribution in [0.4, 0.5) is 0 Å². The van der Waals surface area contributed by atoms with Crippen molar-refractivity contribution >= 4 is 19.7 Å². The standard InChI is InChI=1S/C79H137N2O7P/c1-7-10-13-16-19-22-25-28-30-32-34-36-38-39-40-41-43-44-46-48-50-53-56-59-62-65-68-71-78(82)80-76(75-87-89(84,85)86-74-73-81(4,5)6)77(70-67-64-61-58-55-52-27-24-21-18-15-12-9-3)88-79(83)72-69-66-63-60-57-54-51-49-47-45-42-37-35-33-31-29-26-23-20-17-14-11-8-2/h11,14,19-20,22-23,28-31,34-37,39-40,45,47,51,54,67,70,76-77H,7-10,12-13,15-18,21,24-27,32-33,38,41-44,46,48-50,52-53,55-66,68-69,71-75H2,1-6H3,(H-,80,82,84,85)/b14-11-,22-19-,23-20-,30-28-,31-29-,36-34-,37-35-,40-39-,47-45-,54-51-,70-67-. The number of nitrogens with zero attached hydrogens (tertiary/aromatic N) is 1. The topological polar surface area (TPSA) is 114 Å². The van der Waals surface area contributed by atoms with Crippen molar-refractivity contribution in [3.8, 4) is 0 Å². The number of hydrogen-bond donors (Lipinski definition) is 1. The first-order valence-corrected chi connectivity index (χ1v) is 38.0. The zero-order chi connectivity index (χ0) is 64.9. The highest BCUT2D eigenvalue weighted by Gasteiger charge is 2.27. The van der Waals surface area contributed by atoms with Gasteiger partial charge in [0, 0.05) is 12.8 Å². The number of likely N-dealkylation sites (N-methyl/N-ethyl adjacent to an activating group) is 1. The minimum Gasteiger partial charge on any atom is -0.756 e. The van der Waals surface area contributed by atoms with E-state index >= 15 is 0 Å². The first kappa shape index (κ1) is 85.2. The van der Waals surface area contributed by atoms with Gasteiger partial charge in [-0.25, -0.2) is 0 Å². The molecule has 0 heterocycles. The Morgan fingerprint density at radius 3 is 1.10 bits per heavy atom. The third-order valence-electron chi connectivity index (χ3n) is 15.6. The smallest absolute Gasteiger partial charge is 0.306 e. The van der Waals surface area contributed by atoms with Crippen molar-refractivity contribution in [2.24, 2.45) is 0 Å². The maximum Gasteiger partial charge on any atom is 0.306 e. The molecular weight excluding hydrogens is 1120 g/mol. The number of quaternary nitrogens is 1. The summed E-state index contributed by atoms with van der Waals surface area (Å²) in [7, 11) is 1.15. The molecule has 1 N–H and O–H groups in total. The summed E-state index contributed by atoms with van der Waals surface area (Å²) < 4.78 is 30.5. The van der Waals surface area contributed by atoms with Gasteiger partial charge in [-0.05, 0) is 128 Å². The fourth-order valence-corrected chi connectivity index (χ4v) is 10.7. The second kappa shape index (κ2) is 67.1. The number of ether oxygens (including phenoxy) is 1. The molecule has 0 fully saturated rings. The minimum absolute atomic E-state index is 0.0339. The normalized spacial score (nSPS) is 14.3. The fraction of sp³-hybridized carbons (Fsp3) is 0.696. The SMILES string of the molecule is CC/C=C\C/C=C\C/C=C\C/C=C\C/C=C\C/C=C\CCCCCCC(=O)OC(/C=C\CCCCCCCCCCCCC)C(COP(=O)([O-])OCC[N+](C)(C)C)NC(=O)CCCCCCCCCCCCC/C=C\C/C=C\C/C=C\C/C=C\CCCCC. The van der Waals surface area contributed by atoms with Crippen LogP contribution in [0.2, 0.25) is 0 Å². The molecule has 3 atom stereocenters. The van der Waals surface area contributed by atoms with Crippen molar-refractivity contribution in [2.45, 2.75) is 315 Å². The first-order valence-electron chi connectivity index (χ1n) is 36.5. The molecule has 0 aromatic carbocycles. The lowest BCUT2D eigenvalue weighted by Gasteiger charge is -2.30. The number of nitrogens with one attached hydrogen (secondary N) is 1. The van der Waals surface area contributed by atoms with Crippen LogP contribution in [0.5, 0.6) is 0 Å². The van der Waals surface area contributed by atoms with Crippen molar-refractivity contribution in [3.05, 3.63) is 134 Å². The molecule has 0 bridgehead atoms. The van der Waals surface area contributed by atoms with Crippen molar-refractivity contribution in [3.63, 3.8) is 0 Å². The lowest BCUT2D eigenvalue weighted by molar-refractivity contribution is -0.870. The summed E-state index contributed by atoms with van der Waals surface area (Å²) in [5.74, 6) is -0.576. The molecule has 0 aliphatic rings. The predicted molar refractivity (Wildman–Crippen MR) is 385 cm³/mol. The number of esters is 1. The summed E-state index contributed by atoms with van der Waals surface area (Å²) in [5.41, 5.74) is 0. The van der Waals surface area contributed by atoms with Crippen molar-refractivity contribution in [1.82, 2.24) is 5.32 Å². The highest BCUT2D eigenvalue weighted by atomic mass is 31.2. The average molecular weight is 1260 g/mol. The Morgan fingerprint density at radius 1 is 0.404 bits per heavy atom. The third kappa shape index (κ3) is 68.4. The quantitative estimate of drug-likeness (QED) is 0.0212. The van der Waals surface area contributed by atoms with Gasteiger partial charge >= 0.3 is 5.97 Å². The van der Waals surface area contributed by atoms with E-state index in [0.29, 0.717) is 23.9 Å². The lowest BCUT2D eigenvalue weighted by Crippen LogP contribution is -2.47. The van der Waals surface area contributed by atoms with Crippen LogP contribution < -0.4 is 10.2 Å². The predicted octanol–water partition coefficient (Wildman–Crippen LogP) is 22.9. The molecule has 0 aromatic rings. The van der Waals surface area contributed by atoms with Gasteiger partial charge in [0.15, 0.2) is 0 Å². The van der Waals surface area contributed by atoms with Gasteiger partial charge in [0.25, 0.3) is 7.82 Å². The van der Waals surface area contributed by atoms with Gasteiger partial charge in [-0.3, -0.25) is 14.2 Å². The van der Waals surface area contributed by atoms with E-state index in [4.69, 9.17) is 13.8 Å². The van der Waals surface area contributed by atoms with Gasteiger partial charge in [0.05, 0.1) is 33.8 Å². The molecule has 0 saturated heterocycles. The Labute approximate surface area is 549 Å². The summed E-state index contributed by atoms with van der Waals surface area (Å²) >= 11 is 0. The summed E-state index contributed by atoms with van der Waals surface area (Å²) in [4.78, 5) is 40.3. The Hall–Kier alpha value is -3.85. The number of hydrogen-bond acceptors (Lipinski definition) is 7. The Kier molecular flexibility index (Phi) is 64.2. The lowest BCUT2D eigenvalue weighted by atomic mass is 10.0. The van der Waals surface area contributed by atoms with E-state index in [1.54, 1.807) is 0 Å². The van der Waals surface area contributed by atoms with E-state index in [2.05, 4.69) is 148 Å². The van der Waals surface area contributed by atoms with E-state index in [1.807, 2.05) is 33.3 Å². The van der Waals surface area contributed by atoms with E-state index < -0.39 is 26.6 Å². The molecule has 89 heavy (non-hydrogen) atoms. The van der Waals surface area contributed by atoms with Gasteiger partial charge < -0.3 is 28.5 Å². The molecule has 0 aliphatic carbocycles. The van der Waals surface area contributed by atoms with Crippen LogP contribution in [0.15, 0.2) is 134 Å². The Morgan fingerprint density at radius 2 is 0.719 bits per heavy atom. The van der Waals surface area contributed by atoms with Crippen LogP contribution in [0.25, 0.3) is 0 Å². The van der Waals surface area contributed by atoms with Crippen molar-refractivity contribution < 1.29 is 37.3 Å². The summed E-state index contributed by atoms with van der Waals surface area (Å²) in [6, 6.07) is -0.912. The zero-order valence-corrected chi connectivity index (χ0v) is 59.2. The molecule has 0 rings (SSSR count). The van der Waals surface area contributed by atoms with E-state index in [-0.39, 0.29) is 24.9 Å². The number of allylic oxidation sites excluding steroid dienone is 21. The van der Waals surface area contributed by atoms with Crippen molar-refractivity contribution in [2.75, 3.05) is 40.9 Å². The molecule has 510 valence electrons. The number of unbranched alkanes of at least 4 members (excludes halogenated alkanes) is 29. The molecule has 1 amide bonds. The molecule has 0 saturated carbocycles. The summed E-state index contributed by atoms with van der Waals surface area (Å²) in [6.45, 7) is 6.69. The molecule has 9 nitrogen and oxygen atoms in total. The molecule has 0 aliphatic heterocycles. The number of phosphoric acid groups is 1. The maximum atomic E-state index is 13.6. The second-order valence-electron chi connectivity index (χ2n) is 25.4. The first-order chi connectivity index (χ1) is 43.4.